The van der Waals surface area contributed by atoms with Crippen molar-refractivity contribution < 1.29 is 14.4 Å². The molecule has 1 heterocycles. The summed E-state index contributed by atoms with van der Waals surface area (Å²) in [5.41, 5.74) is 0.149. The number of rotatable bonds is 3. The Morgan fingerprint density at radius 2 is 1.74 bits per heavy atom. The highest BCUT2D eigenvalue weighted by molar-refractivity contribution is 6.14. The monoisotopic (exact) mass is 264 g/mol. The Kier molecular flexibility index (Phi) is 2.87. The van der Waals surface area contributed by atoms with Crippen LogP contribution in [-0.2, 0) is 9.59 Å². The Balaban J connectivity index is 1.77. The first kappa shape index (κ1) is 12.6. The van der Waals surface area contributed by atoms with Gasteiger partial charge >= 0.3 is 6.03 Å². The first-order valence-electron chi connectivity index (χ1n) is 7.19. The maximum Gasteiger partial charge on any atom is 0.333 e. The van der Waals surface area contributed by atoms with Crippen LogP contribution in [0.4, 0.5) is 4.79 Å². The number of nitrogens with zero attached hydrogens (tertiary/aromatic N) is 2. The molecule has 19 heavy (non-hydrogen) atoms. The van der Waals surface area contributed by atoms with E-state index in [4.69, 9.17) is 0 Å². The van der Waals surface area contributed by atoms with Crippen LogP contribution in [0.15, 0.2) is 0 Å². The van der Waals surface area contributed by atoms with Crippen LogP contribution in [0.5, 0.6) is 0 Å². The fourth-order valence-corrected chi connectivity index (χ4v) is 4.02. The third-order valence-corrected chi connectivity index (χ3v) is 5.06. The zero-order valence-electron chi connectivity index (χ0n) is 11.4. The van der Waals surface area contributed by atoms with Crippen molar-refractivity contribution >= 4 is 17.8 Å². The van der Waals surface area contributed by atoms with Crippen LogP contribution < -0.4 is 0 Å². The SMILES string of the molecule is CCN1C(=O)CC(=O)N(CC23CCC(CC2)C3)C1=O. The molecule has 0 aromatic rings. The lowest BCUT2D eigenvalue weighted by molar-refractivity contribution is -0.143. The molecule has 2 aliphatic carbocycles. The second-order valence-corrected chi connectivity index (χ2v) is 6.22. The van der Waals surface area contributed by atoms with Crippen LogP contribution in [0, 0.1) is 11.3 Å². The highest BCUT2D eigenvalue weighted by Crippen LogP contribution is 2.54. The third kappa shape index (κ3) is 1.95. The summed E-state index contributed by atoms with van der Waals surface area (Å²) in [5, 5.41) is 0. The molecule has 4 amide bonds. The number of imide groups is 2. The van der Waals surface area contributed by atoms with Crippen LogP contribution in [0.2, 0.25) is 0 Å². The molecule has 5 heteroatoms. The molecule has 0 aromatic carbocycles. The van der Waals surface area contributed by atoms with E-state index in [1.54, 1.807) is 6.92 Å². The average molecular weight is 264 g/mol. The number of fused-ring (bicyclic) bond motifs is 2. The van der Waals surface area contributed by atoms with Gasteiger partial charge in [0.1, 0.15) is 6.42 Å². The molecule has 104 valence electrons. The molecule has 1 aliphatic heterocycles. The summed E-state index contributed by atoms with van der Waals surface area (Å²) >= 11 is 0. The summed E-state index contributed by atoms with van der Waals surface area (Å²) in [4.78, 5) is 38.4. The third-order valence-electron chi connectivity index (χ3n) is 5.06. The first-order chi connectivity index (χ1) is 9.04. The van der Waals surface area contributed by atoms with Gasteiger partial charge in [0, 0.05) is 13.1 Å². The molecule has 3 fully saturated rings. The molecule has 2 saturated carbocycles. The highest BCUT2D eigenvalue weighted by Gasteiger charge is 2.48. The zero-order chi connectivity index (χ0) is 13.6. The van der Waals surface area contributed by atoms with Gasteiger partial charge in [0.05, 0.1) is 0 Å². The molecule has 0 atom stereocenters. The Bertz CT molecular complexity index is 438. The first-order valence-corrected chi connectivity index (χ1v) is 7.19. The van der Waals surface area contributed by atoms with Crippen LogP contribution >= 0.6 is 0 Å². The lowest BCUT2D eigenvalue weighted by Crippen LogP contribution is -2.57. The largest absolute Gasteiger partial charge is 0.333 e. The molecule has 0 spiro atoms. The molecule has 0 unspecified atom stereocenters. The normalized spacial score (nSPS) is 34.6. The Hall–Kier alpha value is -1.39. The number of carbonyl (C=O) groups is 3. The van der Waals surface area contributed by atoms with Crippen LogP contribution in [0.3, 0.4) is 0 Å². The molecule has 0 aromatic heterocycles. The molecule has 3 aliphatic rings. The highest BCUT2D eigenvalue weighted by atomic mass is 16.2. The van der Waals surface area contributed by atoms with Gasteiger partial charge in [0.25, 0.3) is 0 Å². The predicted molar refractivity (Wildman–Crippen MR) is 68.1 cm³/mol. The van der Waals surface area contributed by atoms with Crippen molar-refractivity contribution in [2.75, 3.05) is 13.1 Å². The van der Waals surface area contributed by atoms with Gasteiger partial charge in [-0.3, -0.25) is 19.4 Å². The van der Waals surface area contributed by atoms with Gasteiger partial charge in [0.15, 0.2) is 0 Å². The summed E-state index contributed by atoms with van der Waals surface area (Å²) in [7, 11) is 0. The van der Waals surface area contributed by atoms with Crippen molar-refractivity contribution in [3.8, 4) is 0 Å². The number of amides is 4. The second-order valence-electron chi connectivity index (χ2n) is 6.22. The molecule has 3 rings (SSSR count). The van der Waals surface area contributed by atoms with E-state index in [0.717, 1.165) is 25.2 Å². The number of hydrogen-bond acceptors (Lipinski definition) is 3. The molecule has 5 nitrogen and oxygen atoms in total. The van der Waals surface area contributed by atoms with E-state index >= 15 is 0 Å². The van der Waals surface area contributed by atoms with E-state index < -0.39 is 6.03 Å². The van der Waals surface area contributed by atoms with Gasteiger partial charge in [-0.2, -0.15) is 0 Å². The second kappa shape index (κ2) is 4.32. The van der Waals surface area contributed by atoms with Gasteiger partial charge in [-0.25, -0.2) is 4.79 Å². The van der Waals surface area contributed by atoms with Gasteiger partial charge in [-0.1, -0.05) is 0 Å². The Labute approximate surface area is 112 Å². The predicted octanol–water partition coefficient (Wildman–Crippen LogP) is 1.77. The molecular formula is C14H20N2O3. The summed E-state index contributed by atoms with van der Waals surface area (Å²) in [6.45, 7) is 2.63. The van der Waals surface area contributed by atoms with Gasteiger partial charge < -0.3 is 0 Å². The molecule has 1 saturated heterocycles. The summed E-state index contributed by atoms with van der Waals surface area (Å²) < 4.78 is 0. The maximum absolute atomic E-state index is 12.2. The van der Waals surface area contributed by atoms with Gasteiger partial charge in [-0.05, 0) is 50.4 Å². The summed E-state index contributed by atoms with van der Waals surface area (Å²) in [5.74, 6) is 0.116. The van der Waals surface area contributed by atoms with Crippen molar-refractivity contribution in [1.29, 1.82) is 0 Å². The summed E-state index contributed by atoms with van der Waals surface area (Å²) in [6, 6.07) is -0.409. The Morgan fingerprint density at radius 1 is 1.11 bits per heavy atom. The number of hydrogen-bond donors (Lipinski definition) is 0. The molecule has 0 N–H and O–H groups in total. The van der Waals surface area contributed by atoms with Gasteiger partial charge in [-0.15, -0.1) is 0 Å². The maximum atomic E-state index is 12.2. The van der Waals surface area contributed by atoms with E-state index in [-0.39, 0.29) is 23.7 Å². The van der Waals surface area contributed by atoms with Crippen molar-refractivity contribution in [2.45, 2.75) is 45.4 Å². The fourth-order valence-electron chi connectivity index (χ4n) is 4.02. The van der Waals surface area contributed by atoms with Gasteiger partial charge in [0.2, 0.25) is 11.8 Å². The number of barbiturate groups is 1. The topological polar surface area (TPSA) is 57.7 Å². The van der Waals surface area contributed by atoms with E-state index in [2.05, 4.69) is 0 Å². The average Bonchev–Trinajstić information content (AvgIpc) is 2.95. The van der Waals surface area contributed by atoms with E-state index in [9.17, 15) is 14.4 Å². The fraction of sp³-hybridized carbons (Fsp3) is 0.786. The molecule has 2 bridgehead atoms. The smallest absolute Gasteiger partial charge is 0.274 e. The molecular weight excluding hydrogens is 244 g/mol. The van der Waals surface area contributed by atoms with E-state index in [1.807, 2.05) is 0 Å². The minimum absolute atomic E-state index is 0.149. The minimum atomic E-state index is -0.409. The zero-order valence-corrected chi connectivity index (χ0v) is 11.4. The standard InChI is InChI=1S/C14H20N2O3/c1-2-15-11(17)7-12(18)16(13(15)19)9-14-5-3-10(8-14)4-6-14/h10H,2-9H2,1H3. The quantitative estimate of drug-likeness (QED) is 0.730. The van der Waals surface area contributed by atoms with E-state index in [1.165, 1.54) is 22.6 Å². The van der Waals surface area contributed by atoms with Crippen LogP contribution in [-0.4, -0.2) is 40.7 Å². The molecule has 0 radical (unpaired) electrons. The van der Waals surface area contributed by atoms with Crippen molar-refractivity contribution in [3.05, 3.63) is 0 Å². The Morgan fingerprint density at radius 3 is 2.26 bits per heavy atom. The van der Waals surface area contributed by atoms with Crippen LogP contribution in [0.25, 0.3) is 0 Å². The van der Waals surface area contributed by atoms with Crippen molar-refractivity contribution in [3.63, 3.8) is 0 Å². The van der Waals surface area contributed by atoms with E-state index in [0.29, 0.717) is 13.1 Å². The minimum Gasteiger partial charge on any atom is -0.274 e. The number of urea groups is 1. The van der Waals surface area contributed by atoms with Crippen molar-refractivity contribution in [2.24, 2.45) is 11.3 Å². The van der Waals surface area contributed by atoms with Crippen molar-refractivity contribution in [1.82, 2.24) is 9.80 Å². The van der Waals surface area contributed by atoms with Crippen LogP contribution in [0.1, 0.15) is 45.4 Å². The summed E-state index contributed by atoms with van der Waals surface area (Å²) in [6.07, 6.45) is 5.69. The lowest BCUT2D eigenvalue weighted by Gasteiger charge is -2.37. The number of carbonyl (C=O) groups excluding carboxylic acids is 3. The lowest BCUT2D eigenvalue weighted by atomic mass is 9.83.